The van der Waals surface area contributed by atoms with Crippen LogP contribution in [-0.4, -0.2) is 60.0 Å². The molecule has 6 heteroatoms. The lowest BCUT2D eigenvalue weighted by molar-refractivity contribution is -0.121. The number of aromatic nitrogens is 2. The fourth-order valence-electron chi connectivity index (χ4n) is 3.33. The number of nitrogens with zero attached hydrogens (tertiary/aromatic N) is 4. The van der Waals surface area contributed by atoms with E-state index >= 15 is 0 Å². The van der Waals surface area contributed by atoms with Crippen molar-refractivity contribution < 1.29 is 4.79 Å². The molecular formula is C18H27N5O. The first-order valence-corrected chi connectivity index (χ1v) is 8.99. The molecule has 0 saturated carbocycles. The molecule has 1 aliphatic heterocycles. The second-order valence-electron chi connectivity index (χ2n) is 6.55. The maximum atomic E-state index is 11.9. The van der Waals surface area contributed by atoms with Crippen molar-refractivity contribution in [1.82, 2.24) is 20.2 Å². The summed E-state index contributed by atoms with van der Waals surface area (Å²) in [4.78, 5) is 25.2. The van der Waals surface area contributed by atoms with E-state index in [-0.39, 0.29) is 5.91 Å². The van der Waals surface area contributed by atoms with Gasteiger partial charge in [0.2, 0.25) is 11.9 Å². The molecule has 1 aromatic heterocycles. The molecule has 0 spiro atoms. The Balaban J connectivity index is 1.27. The van der Waals surface area contributed by atoms with Crippen molar-refractivity contribution in [1.29, 1.82) is 0 Å². The number of nitrogens with one attached hydrogen (secondary N) is 1. The normalized spacial score (nSPS) is 21.2. The Morgan fingerprint density at radius 3 is 2.71 bits per heavy atom. The molecule has 1 fully saturated rings. The Morgan fingerprint density at radius 2 is 2.00 bits per heavy atom. The SMILES string of the molecule is O=C(CC1C=CCC1)NCCCN1CCN(c2ncccn2)CC1. The van der Waals surface area contributed by atoms with Crippen LogP contribution in [0, 0.1) is 5.92 Å². The third kappa shape index (κ3) is 5.03. The standard InChI is InChI=1S/C18H27N5O/c24-17(15-16-5-1-2-6-16)19-9-4-10-22-11-13-23(14-12-22)18-20-7-3-8-21-18/h1,3,5,7-8,16H,2,4,6,9-15H2,(H,19,24). The lowest BCUT2D eigenvalue weighted by Crippen LogP contribution is -2.47. The summed E-state index contributed by atoms with van der Waals surface area (Å²) in [5.74, 6) is 1.47. The summed E-state index contributed by atoms with van der Waals surface area (Å²) in [6.07, 6.45) is 11.8. The van der Waals surface area contributed by atoms with Crippen LogP contribution >= 0.6 is 0 Å². The fourth-order valence-corrected chi connectivity index (χ4v) is 3.33. The maximum absolute atomic E-state index is 11.9. The van der Waals surface area contributed by atoms with E-state index < -0.39 is 0 Å². The molecule has 130 valence electrons. The Kier molecular flexibility index (Phi) is 6.18. The van der Waals surface area contributed by atoms with Crippen molar-refractivity contribution in [2.75, 3.05) is 44.2 Å². The highest BCUT2D eigenvalue weighted by Gasteiger charge is 2.18. The lowest BCUT2D eigenvalue weighted by Gasteiger charge is -2.34. The van der Waals surface area contributed by atoms with Crippen LogP contribution in [0.3, 0.4) is 0 Å². The van der Waals surface area contributed by atoms with Gasteiger partial charge in [-0.25, -0.2) is 9.97 Å². The Morgan fingerprint density at radius 1 is 1.21 bits per heavy atom. The van der Waals surface area contributed by atoms with Crippen LogP contribution in [0.25, 0.3) is 0 Å². The third-order valence-corrected chi connectivity index (χ3v) is 4.74. The zero-order valence-corrected chi connectivity index (χ0v) is 14.2. The van der Waals surface area contributed by atoms with Crippen LogP contribution < -0.4 is 10.2 Å². The average Bonchev–Trinajstić information content (AvgIpc) is 3.13. The molecule has 1 aromatic rings. The van der Waals surface area contributed by atoms with E-state index in [1.54, 1.807) is 12.4 Å². The van der Waals surface area contributed by atoms with Crippen LogP contribution in [0.5, 0.6) is 0 Å². The molecule has 1 unspecified atom stereocenters. The smallest absolute Gasteiger partial charge is 0.225 e. The highest BCUT2D eigenvalue weighted by atomic mass is 16.1. The van der Waals surface area contributed by atoms with Gasteiger partial charge in [-0.3, -0.25) is 9.69 Å². The second kappa shape index (κ2) is 8.78. The van der Waals surface area contributed by atoms with Crippen LogP contribution in [-0.2, 0) is 4.79 Å². The van der Waals surface area contributed by atoms with Gasteiger partial charge in [0.25, 0.3) is 0 Å². The van der Waals surface area contributed by atoms with Gasteiger partial charge in [0, 0.05) is 51.5 Å². The predicted octanol–water partition coefficient (Wildman–Crippen LogP) is 1.46. The van der Waals surface area contributed by atoms with Crippen molar-refractivity contribution in [2.24, 2.45) is 5.92 Å². The predicted molar refractivity (Wildman–Crippen MR) is 94.8 cm³/mol. The minimum absolute atomic E-state index is 0.192. The zero-order chi connectivity index (χ0) is 16.6. The minimum Gasteiger partial charge on any atom is -0.356 e. The van der Waals surface area contributed by atoms with Crippen molar-refractivity contribution in [3.63, 3.8) is 0 Å². The van der Waals surface area contributed by atoms with Crippen molar-refractivity contribution >= 4 is 11.9 Å². The van der Waals surface area contributed by atoms with Gasteiger partial charge >= 0.3 is 0 Å². The van der Waals surface area contributed by atoms with Crippen LogP contribution in [0.4, 0.5) is 5.95 Å². The number of anilines is 1. The first-order chi connectivity index (χ1) is 11.8. The van der Waals surface area contributed by atoms with E-state index in [0.29, 0.717) is 12.3 Å². The molecule has 0 bridgehead atoms. The quantitative estimate of drug-likeness (QED) is 0.606. The fraction of sp³-hybridized carbons (Fsp3) is 0.611. The van der Waals surface area contributed by atoms with Crippen LogP contribution in [0.15, 0.2) is 30.6 Å². The van der Waals surface area contributed by atoms with Gasteiger partial charge in [0.15, 0.2) is 0 Å². The van der Waals surface area contributed by atoms with E-state index in [9.17, 15) is 4.79 Å². The Hall–Kier alpha value is -1.95. The van der Waals surface area contributed by atoms with E-state index in [4.69, 9.17) is 0 Å². The molecule has 2 heterocycles. The number of carbonyl (C=O) groups is 1. The molecule has 1 N–H and O–H groups in total. The highest BCUT2D eigenvalue weighted by Crippen LogP contribution is 2.19. The lowest BCUT2D eigenvalue weighted by atomic mass is 10.1. The third-order valence-electron chi connectivity index (χ3n) is 4.74. The summed E-state index contributed by atoms with van der Waals surface area (Å²) < 4.78 is 0. The summed E-state index contributed by atoms with van der Waals surface area (Å²) >= 11 is 0. The van der Waals surface area contributed by atoms with Gasteiger partial charge in [0.05, 0.1) is 0 Å². The van der Waals surface area contributed by atoms with Gasteiger partial charge in [-0.2, -0.15) is 0 Å². The van der Waals surface area contributed by atoms with E-state index in [2.05, 4.69) is 37.2 Å². The van der Waals surface area contributed by atoms with Gasteiger partial charge in [-0.05, 0) is 37.8 Å². The first-order valence-electron chi connectivity index (χ1n) is 8.99. The van der Waals surface area contributed by atoms with Crippen molar-refractivity contribution in [3.8, 4) is 0 Å². The first kappa shape index (κ1) is 16.9. The summed E-state index contributed by atoms with van der Waals surface area (Å²) in [6.45, 7) is 5.79. The largest absolute Gasteiger partial charge is 0.356 e. The molecule has 6 nitrogen and oxygen atoms in total. The molecular weight excluding hydrogens is 302 g/mol. The molecule has 2 aliphatic rings. The highest BCUT2D eigenvalue weighted by molar-refractivity contribution is 5.76. The van der Waals surface area contributed by atoms with Crippen LogP contribution in [0.1, 0.15) is 25.7 Å². The molecule has 1 aliphatic carbocycles. The number of piperazine rings is 1. The minimum atomic E-state index is 0.192. The summed E-state index contributed by atoms with van der Waals surface area (Å²) in [5.41, 5.74) is 0. The number of hydrogen-bond acceptors (Lipinski definition) is 5. The van der Waals surface area contributed by atoms with Gasteiger partial charge in [-0.15, -0.1) is 0 Å². The number of rotatable bonds is 7. The number of hydrogen-bond donors (Lipinski definition) is 1. The summed E-state index contributed by atoms with van der Waals surface area (Å²) in [6, 6.07) is 1.84. The summed E-state index contributed by atoms with van der Waals surface area (Å²) in [7, 11) is 0. The number of carbonyl (C=O) groups excluding carboxylic acids is 1. The number of allylic oxidation sites excluding steroid dienone is 2. The maximum Gasteiger partial charge on any atom is 0.225 e. The number of amides is 1. The molecule has 0 aromatic carbocycles. The van der Waals surface area contributed by atoms with Crippen LogP contribution in [0.2, 0.25) is 0 Å². The monoisotopic (exact) mass is 329 g/mol. The van der Waals surface area contributed by atoms with Gasteiger partial charge in [0.1, 0.15) is 0 Å². The van der Waals surface area contributed by atoms with Crippen molar-refractivity contribution in [3.05, 3.63) is 30.6 Å². The van der Waals surface area contributed by atoms with E-state index in [1.165, 1.54) is 0 Å². The Labute approximate surface area is 144 Å². The van der Waals surface area contributed by atoms with Crippen molar-refractivity contribution in [2.45, 2.75) is 25.7 Å². The van der Waals surface area contributed by atoms with E-state index in [1.807, 2.05) is 6.07 Å². The molecule has 1 saturated heterocycles. The molecule has 24 heavy (non-hydrogen) atoms. The van der Waals surface area contributed by atoms with Gasteiger partial charge in [-0.1, -0.05) is 12.2 Å². The Bertz CT molecular complexity index is 540. The average molecular weight is 329 g/mol. The summed E-state index contributed by atoms with van der Waals surface area (Å²) in [5, 5.41) is 3.05. The zero-order valence-electron chi connectivity index (χ0n) is 14.2. The molecule has 0 radical (unpaired) electrons. The molecule has 1 amide bonds. The van der Waals surface area contributed by atoms with E-state index in [0.717, 1.165) is 64.5 Å². The molecule has 1 atom stereocenters. The van der Waals surface area contributed by atoms with Gasteiger partial charge < -0.3 is 10.2 Å². The molecule has 3 rings (SSSR count). The second-order valence-corrected chi connectivity index (χ2v) is 6.55. The topological polar surface area (TPSA) is 61.4 Å².